The van der Waals surface area contributed by atoms with Gasteiger partial charge in [0.1, 0.15) is 5.75 Å². The Morgan fingerprint density at radius 2 is 2.33 bits per heavy atom. The second-order valence-electron chi connectivity index (χ2n) is 4.74. The molecule has 3 N–H and O–H groups in total. The molecule has 0 aromatic heterocycles. The Hall–Kier alpha value is -0.810. The smallest absolute Gasteiger partial charge is 0.120 e. The van der Waals surface area contributed by atoms with E-state index in [0.29, 0.717) is 5.02 Å². The van der Waals surface area contributed by atoms with Crippen molar-refractivity contribution < 1.29 is 4.74 Å². The molecule has 0 saturated carbocycles. The summed E-state index contributed by atoms with van der Waals surface area (Å²) in [6, 6.07) is 5.78. The fraction of sp³-hybridized carbons (Fsp3) is 0.538. The Morgan fingerprint density at radius 1 is 1.56 bits per heavy atom. The highest BCUT2D eigenvalue weighted by atomic mass is 35.5. The average molecular weight is 270 g/mol. The number of nitrogens with zero attached hydrogens (tertiary/aromatic N) is 1. The highest BCUT2D eigenvalue weighted by Gasteiger charge is 2.25. The standard InChI is InChI=1S/C13H20ClN3O/c1-17-6-5-16-12(8-17)13(15)10-4-3-9(18-2)7-11(10)14/h3-4,7,12-13,16H,5-6,8,15H2,1-2H3. The maximum absolute atomic E-state index is 6.31. The van der Waals surface area contributed by atoms with Crippen LogP contribution in [0.1, 0.15) is 11.6 Å². The molecule has 2 unspecified atom stereocenters. The number of hydrogen-bond acceptors (Lipinski definition) is 4. The number of methoxy groups -OCH3 is 1. The van der Waals surface area contributed by atoms with Crippen molar-refractivity contribution in [3.05, 3.63) is 28.8 Å². The Morgan fingerprint density at radius 3 is 2.94 bits per heavy atom. The molecular formula is C13H20ClN3O. The van der Waals surface area contributed by atoms with E-state index >= 15 is 0 Å². The summed E-state index contributed by atoms with van der Waals surface area (Å²) >= 11 is 6.26. The molecule has 1 aromatic rings. The number of halogens is 1. The predicted molar refractivity (Wildman–Crippen MR) is 74.2 cm³/mol. The molecule has 1 heterocycles. The van der Waals surface area contributed by atoms with Crippen LogP contribution in [-0.4, -0.2) is 44.7 Å². The third-order valence-corrected chi connectivity index (χ3v) is 3.74. The van der Waals surface area contributed by atoms with Crippen LogP contribution in [0.15, 0.2) is 18.2 Å². The molecule has 1 fully saturated rings. The fourth-order valence-electron chi connectivity index (χ4n) is 2.29. The van der Waals surface area contributed by atoms with Gasteiger partial charge in [-0.05, 0) is 24.7 Å². The van der Waals surface area contributed by atoms with Crippen LogP contribution < -0.4 is 15.8 Å². The molecule has 1 saturated heterocycles. The summed E-state index contributed by atoms with van der Waals surface area (Å²) < 4.78 is 5.14. The van der Waals surface area contributed by atoms with Crippen LogP contribution in [-0.2, 0) is 0 Å². The first-order valence-electron chi connectivity index (χ1n) is 6.12. The van der Waals surface area contributed by atoms with Gasteiger partial charge in [0.25, 0.3) is 0 Å². The summed E-state index contributed by atoms with van der Waals surface area (Å²) in [6.45, 7) is 2.95. The molecule has 5 heteroatoms. The molecular weight excluding hydrogens is 250 g/mol. The minimum absolute atomic E-state index is 0.105. The third kappa shape index (κ3) is 2.95. The molecule has 100 valence electrons. The number of likely N-dealkylation sites (N-methyl/N-ethyl adjacent to an activating group) is 1. The van der Waals surface area contributed by atoms with Crippen molar-refractivity contribution in [3.63, 3.8) is 0 Å². The van der Waals surface area contributed by atoms with E-state index in [2.05, 4.69) is 17.3 Å². The quantitative estimate of drug-likeness (QED) is 0.867. The largest absolute Gasteiger partial charge is 0.497 e. The lowest BCUT2D eigenvalue weighted by Gasteiger charge is -2.34. The monoisotopic (exact) mass is 269 g/mol. The molecule has 1 aliphatic heterocycles. The molecule has 18 heavy (non-hydrogen) atoms. The first-order chi connectivity index (χ1) is 8.61. The van der Waals surface area contributed by atoms with Crippen LogP contribution in [0.3, 0.4) is 0 Å². The summed E-state index contributed by atoms with van der Waals surface area (Å²) in [7, 11) is 3.74. The van der Waals surface area contributed by atoms with E-state index < -0.39 is 0 Å². The zero-order valence-corrected chi connectivity index (χ0v) is 11.6. The van der Waals surface area contributed by atoms with Crippen molar-refractivity contribution >= 4 is 11.6 Å². The van der Waals surface area contributed by atoms with Gasteiger partial charge in [-0.2, -0.15) is 0 Å². The maximum Gasteiger partial charge on any atom is 0.120 e. The van der Waals surface area contributed by atoms with E-state index in [1.165, 1.54) is 0 Å². The number of rotatable bonds is 3. The van der Waals surface area contributed by atoms with Gasteiger partial charge in [0.2, 0.25) is 0 Å². The zero-order chi connectivity index (χ0) is 13.1. The van der Waals surface area contributed by atoms with E-state index in [1.807, 2.05) is 18.2 Å². The zero-order valence-electron chi connectivity index (χ0n) is 10.8. The van der Waals surface area contributed by atoms with Crippen LogP contribution in [0.4, 0.5) is 0 Å². The second kappa shape index (κ2) is 5.89. The molecule has 0 aliphatic carbocycles. The first-order valence-corrected chi connectivity index (χ1v) is 6.50. The van der Waals surface area contributed by atoms with E-state index in [0.717, 1.165) is 30.9 Å². The summed E-state index contributed by atoms with van der Waals surface area (Å²) in [5, 5.41) is 4.11. The van der Waals surface area contributed by atoms with E-state index in [1.54, 1.807) is 7.11 Å². The third-order valence-electron chi connectivity index (χ3n) is 3.41. The number of hydrogen-bond donors (Lipinski definition) is 2. The Kier molecular flexibility index (Phi) is 4.45. The maximum atomic E-state index is 6.31. The molecule has 4 nitrogen and oxygen atoms in total. The van der Waals surface area contributed by atoms with Gasteiger partial charge in [-0.25, -0.2) is 0 Å². The lowest BCUT2D eigenvalue weighted by molar-refractivity contribution is 0.220. The van der Waals surface area contributed by atoms with Crippen molar-refractivity contribution in [1.29, 1.82) is 0 Å². The molecule has 0 amide bonds. The molecule has 0 radical (unpaired) electrons. The van der Waals surface area contributed by atoms with Crippen LogP contribution >= 0.6 is 11.6 Å². The lowest BCUT2D eigenvalue weighted by atomic mass is 9.98. The summed E-state index contributed by atoms with van der Waals surface area (Å²) in [5.41, 5.74) is 7.27. The van der Waals surface area contributed by atoms with Gasteiger partial charge < -0.3 is 20.7 Å². The fourth-order valence-corrected chi connectivity index (χ4v) is 2.59. The SMILES string of the molecule is COc1ccc(C(N)C2CN(C)CCN2)c(Cl)c1. The van der Waals surface area contributed by atoms with Gasteiger partial charge >= 0.3 is 0 Å². The number of nitrogens with two attached hydrogens (primary N) is 1. The summed E-state index contributed by atoms with van der Waals surface area (Å²) in [4.78, 5) is 2.28. The van der Waals surface area contributed by atoms with Crippen LogP contribution in [0.5, 0.6) is 5.75 Å². The molecule has 0 spiro atoms. The molecule has 0 bridgehead atoms. The van der Waals surface area contributed by atoms with Crippen molar-refractivity contribution in [2.24, 2.45) is 5.73 Å². The minimum Gasteiger partial charge on any atom is -0.497 e. The highest BCUT2D eigenvalue weighted by Crippen LogP contribution is 2.28. The van der Waals surface area contributed by atoms with Crippen LogP contribution in [0.25, 0.3) is 0 Å². The van der Waals surface area contributed by atoms with E-state index in [4.69, 9.17) is 22.1 Å². The number of benzene rings is 1. The van der Waals surface area contributed by atoms with Gasteiger partial charge in [0.15, 0.2) is 0 Å². The number of piperazine rings is 1. The minimum atomic E-state index is -0.105. The molecule has 1 aliphatic rings. The van der Waals surface area contributed by atoms with Gasteiger partial charge in [-0.15, -0.1) is 0 Å². The van der Waals surface area contributed by atoms with Gasteiger partial charge in [-0.3, -0.25) is 0 Å². The Balaban J connectivity index is 2.15. The van der Waals surface area contributed by atoms with Crippen molar-refractivity contribution in [2.75, 3.05) is 33.8 Å². The first kappa shape index (κ1) is 13.6. The predicted octanol–water partition coefficient (Wildman–Crippen LogP) is 1.25. The topological polar surface area (TPSA) is 50.5 Å². The number of nitrogens with one attached hydrogen (secondary N) is 1. The van der Waals surface area contributed by atoms with Gasteiger partial charge in [0.05, 0.1) is 7.11 Å². The summed E-state index contributed by atoms with van der Waals surface area (Å²) in [6.07, 6.45) is 0. The normalized spacial score (nSPS) is 22.8. The van der Waals surface area contributed by atoms with Gasteiger partial charge in [-0.1, -0.05) is 17.7 Å². The Bertz CT molecular complexity index is 413. The van der Waals surface area contributed by atoms with Crippen molar-refractivity contribution in [3.8, 4) is 5.75 Å². The van der Waals surface area contributed by atoms with E-state index in [-0.39, 0.29) is 12.1 Å². The number of ether oxygens (including phenoxy) is 1. The lowest BCUT2D eigenvalue weighted by Crippen LogP contribution is -2.53. The molecule has 1 aromatic carbocycles. The van der Waals surface area contributed by atoms with Crippen molar-refractivity contribution in [1.82, 2.24) is 10.2 Å². The molecule has 2 rings (SSSR count). The second-order valence-corrected chi connectivity index (χ2v) is 5.14. The molecule has 2 atom stereocenters. The van der Waals surface area contributed by atoms with Gasteiger partial charge in [0, 0.05) is 36.7 Å². The average Bonchev–Trinajstić information content (AvgIpc) is 2.37. The summed E-state index contributed by atoms with van der Waals surface area (Å²) in [5.74, 6) is 0.754. The Labute approximate surface area is 113 Å². The van der Waals surface area contributed by atoms with Crippen molar-refractivity contribution in [2.45, 2.75) is 12.1 Å². The highest BCUT2D eigenvalue weighted by molar-refractivity contribution is 6.31. The van der Waals surface area contributed by atoms with E-state index in [9.17, 15) is 0 Å². The van der Waals surface area contributed by atoms with Crippen LogP contribution in [0.2, 0.25) is 5.02 Å². The van der Waals surface area contributed by atoms with Crippen LogP contribution in [0, 0.1) is 0 Å².